The van der Waals surface area contributed by atoms with Crippen molar-refractivity contribution >= 4 is 11.8 Å². The van der Waals surface area contributed by atoms with Gasteiger partial charge in [-0.2, -0.15) is 0 Å². The van der Waals surface area contributed by atoms with Gasteiger partial charge in [-0.05, 0) is 105 Å². The van der Waals surface area contributed by atoms with Crippen molar-refractivity contribution in [2.75, 3.05) is 19.6 Å². The molecule has 0 aromatic rings. The van der Waals surface area contributed by atoms with E-state index in [2.05, 4.69) is 32.6 Å². The first kappa shape index (κ1) is 23.8. The number of Topliss-reactive ketones (excluding diaryl/α,β-unsaturated/α-hetero) is 1. The van der Waals surface area contributed by atoms with E-state index in [4.69, 9.17) is 4.74 Å². The number of rotatable bonds is 4. The van der Waals surface area contributed by atoms with Gasteiger partial charge in [0, 0.05) is 24.9 Å². The van der Waals surface area contributed by atoms with E-state index in [1.165, 1.54) is 38.5 Å². The molecule has 5 fully saturated rings. The quantitative estimate of drug-likeness (QED) is 0.484. The first-order chi connectivity index (χ1) is 15.6. The molecule has 1 heterocycles. The van der Waals surface area contributed by atoms with E-state index in [9.17, 15) is 9.59 Å². The predicted octanol–water partition coefficient (Wildman–Crippen LogP) is 6.02. The topological polar surface area (TPSA) is 46.6 Å². The van der Waals surface area contributed by atoms with Crippen LogP contribution in [0.3, 0.4) is 0 Å². The van der Waals surface area contributed by atoms with Gasteiger partial charge in [-0.3, -0.25) is 9.59 Å². The second-order valence-electron chi connectivity index (χ2n) is 13.8. The van der Waals surface area contributed by atoms with E-state index in [1.54, 1.807) is 0 Å². The van der Waals surface area contributed by atoms with Crippen LogP contribution in [0.1, 0.15) is 105 Å². The van der Waals surface area contributed by atoms with Gasteiger partial charge in [-0.1, -0.05) is 27.7 Å². The molecular formula is C29H47NO3. The maximum Gasteiger partial charge on any atom is 0.307 e. The lowest BCUT2D eigenvalue weighted by atomic mass is 9.45. The summed E-state index contributed by atoms with van der Waals surface area (Å²) in [5, 5.41) is 0. The molecule has 5 aliphatic rings. The van der Waals surface area contributed by atoms with Crippen molar-refractivity contribution < 1.29 is 14.3 Å². The third-order valence-electron chi connectivity index (χ3n) is 11.2. The maximum atomic E-state index is 12.7. The Morgan fingerprint density at radius 2 is 1.82 bits per heavy atom. The summed E-state index contributed by atoms with van der Waals surface area (Å²) < 4.78 is 6.05. The largest absolute Gasteiger partial charge is 0.462 e. The maximum absolute atomic E-state index is 12.7. The Morgan fingerprint density at radius 3 is 2.61 bits per heavy atom. The average molecular weight is 458 g/mol. The predicted molar refractivity (Wildman–Crippen MR) is 131 cm³/mol. The molecule has 4 aliphatic carbocycles. The molecule has 1 aliphatic heterocycles. The molecule has 4 nitrogen and oxygen atoms in total. The lowest BCUT2D eigenvalue weighted by Crippen LogP contribution is -2.54. The summed E-state index contributed by atoms with van der Waals surface area (Å²) in [6.07, 6.45) is 13.3. The van der Waals surface area contributed by atoms with Crippen molar-refractivity contribution in [3.05, 3.63) is 0 Å². The lowest BCUT2D eigenvalue weighted by Gasteiger charge is -2.60. The van der Waals surface area contributed by atoms with E-state index in [-0.39, 0.29) is 17.5 Å². The number of ether oxygens (including phenoxy) is 1. The molecule has 0 spiro atoms. The van der Waals surface area contributed by atoms with Crippen molar-refractivity contribution in [1.29, 1.82) is 0 Å². The van der Waals surface area contributed by atoms with E-state index >= 15 is 0 Å². The minimum Gasteiger partial charge on any atom is -0.462 e. The van der Waals surface area contributed by atoms with Crippen molar-refractivity contribution in [2.45, 2.75) is 111 Å². The molecule has 7 atom stereocenters. The summed E-state index contributed by atoms with van der Waals surface area (Å²) in [6, 6.07) is 0. The Labute approximate surface area is 201 Å². The van der Waals surface area contributed by atoms with E-state index in [0.29, 0.717) is 34.9 Å². The van der Waals surface area contributed by atoms with Crippen molar-refractivity contribution in [1.82, 2.24) is 4.90 Å². The fraction of sp³-hybridized carbons (Fsp3) is 0.931. The average Bonchev–Trinajstić information content (AvgIpc) is 3.06. The molecule has 0 amide bonds. The van der Waals surface area contributed by atoms with Gasteiger partial charge >= 0.3 is 5.97 Å². The summed E-state index contributed by atoms with van der Waals surface area (Å²) in [6.45, 7) is 12.6. The van der Waals surface area contributed by atoms with Crippen LogP contribution in [0.2, 0.25) is 0 Å². The minimum atomic E-state index is -0.0271. The van der Waals surface area contributed by atoms with Crippen molar-refractivity contribution in [3.63, 3.8) is 0 Å². The van der Waals surface area contributed by atoms with Gasteiger partial charge < -0.3 is 9.64 Å². The molecule has 7 unspecified atom stereocenters. The van der Waals surface area contributed by atoms with Gasteiger partial charge in [-0.15, -0.1) is 0 Å². The SMILES string of the molecule is CC1(C)CCCN(CCC(=O)OC2CCC3(C)C(CCC4C5CCC(=O)C5(C)CCC43)C2)C1. The summed E-state index contributed by atoms with van der Waals surface area (Å²) in [4.78, 5) is 27.8. The second-order valence-corrected chi connectivity index (χ2v) is 13.8. The zero-order chi connectivity index (χ0) is 23.4. The highest BCUT2D eigenvalue weighted by molar-refractivity contribution is 5.87. The van der Waals surface area contributed by atoms with Crippen LogP contribution in [0.15, 0.2) is 0 Å². The van der Waals surface area contributed by atoms with E-state index < -0.39 is 0 Å². The van der Waals surface area contributed by atoms with Gasteiger partial charge in [0.2, 0.25) is 0 Å². The molecule has 33 heavy (non-hydrogen) atoms. The van der Waals surface area contributed by atoms with Crippen LogP contribution in [0.25, 0.3) is 0 Å². The molecule has 0 aromatic carbocycles. The van der Waals surface area contributed by atoms with Crippen LogP contribution >= 0.6 is 0 Å². The molecule has 4 heteroatoms. The van der Waals surface area contributed by atoms with Gasteiger partial charge in [0.1, 0.15) is 11.9 Å². The van der Waals surface area contributed by atoms with Crippen LogP contribution in [0, 0.1) is 39.9 Å². The van der Waals surface area contributed by atoms with Gasteiger partial charge in [-0.25, -0.2) is 0 Å². The number of carbonyl (C=O) groups excluding carboxylic acids is 2. The highest BCUT2D eigenvalue weighted by atomic mass is 16.5. The van der Waals surface area contributed by atoms with Gasteiger partial charge in [0.15, 0.2) is 0 Å². The van der Waals surface area contributed by atoms with Crippen LogP contribution < -0.4 is 0 Å². The highest BCUT2D eigenvalue weighted by Gasteiger charge is 2.60. The molecule has 0 radical (unpaired) electrons. The Hall–Kier alpha value is -0.900. The van der Waals surface area contributed by atoms with Gasteiger partial charge in [0.05, 0.1) is 6.42 Å². The third-order valence-corrected chi connectivity index (χ3v) is 11.2. The number of ketones is 1. The van der Waals surface area contributed by atoms with Crippen molar-refractivity contribution in [2.24, 2.45) is 39.9 Å². The zero-order valence-corrected chi connectivity index (χ0v) is 21.7. The number of carbonyl (C=O) groups is 2. The molecule has 5 rings (SSSR count). The van der Waals surface area contributed by atoms with Gasteiger partial charge in [0.25, 0.3) is 0 Å². The summed E-state index contributed by atoms with van der Waals surface area (Å²) >= 11 is 0. The fourth-order valence-electron chi connectivity index (χ4n) is 9.33. The molecule has 0 bridgehead atoms. The van der Waals surface area contributed by atoms with Crippen molar-refractivity contribution in [3.8, 4) is 0 Å². The molecule has 186 valence electrons. The Kier molecular flexibility index (Phi) is 6.24. The molecule has 0 aromatic heterocycles. The monoisotopic (exact) mass is 457 g/mol. The lowest BCUT2D eigenvalue weighted by molar-refractivity contribution is -0.162. The number of esters is 1. The molecule has 0 N–H and O–H groups in total. The summed E-state index contributed by atoms with van der Waals surface area (Å²) in [7, 11) is 0. The third kappa shape index (κ3) is 4.32. The van der Waals surface area contributed by atoms with E-state index in [0.717, 1.165) is 63.6 Å². The summed E-state index contributed by atoms with van der Waals surface area (Å²) in [5.41, 5.74) is 0.718. The zero-order valence-electron chi connectivity index (χ0n) is 21.7. The minimum absolute atomic E-state index is 0.0126. The standard InChI is InChI=1S/C29H47NO3/c1-27(2)13-5-16-30(19-27)17-12-26(32)33-21-10-14-28(3)20(18-21)6-7-22-23-8-9-25(31)29(23,4)15-11-24(22)28/h20-24H,5-19H2,1-4H3. The number of hydrogen-bond donors (Lipinski definition) is 0. The number of nitrogens with zero attached hydrogens (tertiary/aromatic N) is 1. The second kappa shape index (κ2) is 8.64. The van der Waals surface area contributed by atoms with E-state index in [1.807, 2.05) is 0 Å². The molecule has 1 saturated heterocycles. The first-order valence-electron chi connectivity index (χ1n) is 14.1. The summed E-state index contributed by atoms with van der Waals surface area (Å²) in [5.74, 6) is 3.36. The molecular weight excluding hydrogens is 410 g/mol. The Balaban J connectivity index is 1.15. The number of fused-ring (bicyclic) bond motifs is 5. The van der Waals surface area contributed by atoms with Crippen LogP contribution in [0.5, 0.6) is 0 Å². The fourth-order valence-corrected chi connectivity index (χ4v) is 9.33. The van der Waals surface area contributed by atoms with Crippen LogP contribution in [0.4, 0.5) is 0 Å². The number of likely N-dealkylation sites (tertiary alicyclic amines) is 1. The number of piperidine rings is 1. The molecule has 4 saturated carbocycles. The Morgan fingerprint density at radius 1 is 1.00 bits per heavy atom. The Bertz CT molecular complexity index is 777. The number of hydrogen-bond acceptors (Lipinski definition) is 4. The van der Waals surface area contributed by atoms with Crippen LogP contribution in [-0.2, 0) is 14.3 Å². The smallest absolute Gasteiger partial charge is 0.307 e. The van der Waals surface area contributed by atoms with Crippen LogP contribution in [-0.4, -0.2) is 42.4 Å². The first-order valence-corrected chi connectivity index (χ1v) is 14.1. The normalized spacial score (nSPS) is 45.1. The highest BCUT2D eigenvalue weighted by Crippen LogP contribution is 2.65.